The maximum Gasteiger partial charge on any atom is 0.197 e. The Labute approximate surface area is 168 Å². The van der Waals surface area contributed by atoms with Crippen LogP contribution >= 0.6 is 0 Å². The molecule has 0 atom stereocenters. The second-order valence-electron chi connectivity index (χ2n) is 6.90. The maximum atomic E-state index is 13.3. The van der Waals surface area contributed by atoms with Crippen molar-refractivity contribution in [3.63, 3.8) is 0 Å². The number of morpholine rings is 1. The molecule has 0 aliphatic carbocycles. The molecule has 0 radical (unpaired) electrons. The van der Waals surface area contributed by atoms with E-state index < -0.39 is 0 Å². The Hall–Kier alpha value is -3.03. The molecule has 1 aliphatic heterocycles. The van der Waals surface area contributed by atoms with Crippen LogP contribution in [-0.4, -0.2) is 56.3 Å². The van der Waals surface area contributed by atoms with E-state index >= 15 is 0 Å². The van der Waals surface area contributed by atoms with E-state index in [0.717, 1.165) is 13.1 Å². The van der Waals surface area contributed by atoms with Crippen molar-refractivity contribution in [3.05, 3.63) is 53.3 Å². The summed E-state index contributed by atoms with van der Waals surface area (Å²) < 4.78 is 21.6. The predicted molar refractivity (Wildman–Crippen MR) is 107 cm³/mol. The van der Waals surface area contributed by atoms with Gasteiger partial charge in [0.05, 0.1) is 33.0 Å². The number of hydrogen-bond acceptors (Lipinski definition) is 7. The molecule has 0 unspecified atom stereocenters. The third-order valence-corrected chi connectivity index (χ3v) is 5.17. The molecule has 0 bridgehead atoms. The number of carbonyl (C=O) groups excluding carboxylic acids is 1. The monoisotopic (exact) mass is 397 g/mol. The fourth-order valence-electron chi connectivity index (χ4n) is 3.59. The van der Waals surface area contributed by atoms with Crippen molar-refractivity contribution in [2.75, 3.05) is 40.5 Å². The third kappa shape index (κ3) is 3.79. The van der Waals surface area contributed by atoms with E-state index in [1.807, 2.05) is 0 Å². The van der Waals surface area contributed by atoms with Gasteiger partial charge in [0, 0.05) is 42.2 Å². The van der Waals surface area contributed by atoms with E-state index in [0.29, 0.717) is 58.9 Å². The van der Waals surface area contributed by atoms with E-state index in [9.17, 15) is 9.90 Å². The highest BCUT2D eigenvalue weighted by atomic mass is 16.5. The Morgan fingerprint density at radius 3 is 2.45 bits per heavy atom. The first-order chi connectivity index (χ1) is 14.1. The number of nitrogens with zero attached hydrogens (tertiary/aromatic N) is 1. The number of aromatic hydroxyl groups is 1. The molecule has 1 fully saturated rings. The lowest BCUT2D eigenvalue weighted by Gasteiger charge is -2.27. The summed E-state index contributed by atoms with van der Waals surface area (Å²) in [6.45, 7) is 3.34. The van der Waals surface area contributed by atoms with Crippen LogP contribution in [0.4, 0.5) is 0 Å². The van der Waals surface area contributed by atoms with Gasteiger partial charge in [0.25, 0.3) is 0 Å². The summed E-state index contributed by atoms with van der Waals surface area (Å²) in [4.78, 5) is 15.5. The van der Waals surface area contributed by atoms with E-state index in [4.69, 9.17) is 18.6 Å². The van der Waals surface area contributed by atoms with Crippen LogP contribution in [0.25, 0.3) is 11.0 Å². The van der Waals surface area contributed by atoms with Crippen LogP contribution in [0.3, 0.4) is 0 Å². The van der Waals surface area contributed by atoms with Gasteiger partial charge in [-0.2, -0.15) is 0 Å². The number of phenols is 1. The zero-order valence-corrected chi connectivity index (χ0v) is 16.4. The van der Waals surface area contributed by atoms with Crippen molar-refractivity contribution >= 4 is 16.8 Å². The van der Waals surface area contributed by atoms with Crippen LogP contribution in [0.15, 0.2) is 41.0 Å². The first-order valence-corrected chi connectivity index (χ1v) is 9.40. The maximum absolute atomic E-state index is 13.3. The summed E-state index contributed by atoms with van der Waals surface area (Å²) in [5.74, 6) is 0.964. The summed E-state index contributed by atoms with van der Waals surface area (Å²) in [7, 11) is 3.07. The minimum atomic E-state index is -0.227. The quantitative estimate of drug-likeness (QED) is 0.640. The van der Waals surface area contributed by atoms with Gasteiger partial charge in [-0.3, -0.25) is 9.69 Å². The van der Waals surface area contributed by atoms with Gasteiger partial charge >= 0.3 is 0 Å². The number of carbonyl (C=O) groups is 1. The van der Waals surface area contributed by atoms with Crippen LogP contribution in [0.5, 0.6) is 17.2 Å². The molecule has 29 heavy (non-hydrogen) atoms. The molecule has 1 aliphatic rings. The molecule has 2 aromatic carbocycles. The van der Waals surface area contributed by atoms with Crippen molar-refractivity contribution < 1.29 is 28.5 Å². The number of phenolic OH excluding ortho intramolecular Hbond substituents is 1. The van der Waals surface area contributed by atoms with Crippen LogP contribution in [0.2, 0.25) is 0 Å². The number of ketones is 1. The van der Waals surface area contributed by atoms with E-state index in [1.165, 1.54) is 20.5 Å². The number of hydrogen-bond donors (Lipinski definition) is 1. The highest BCUT2D eigenvalue weighted by molar-refractivity contribution is 6.17. The van der Waals surface area contributed by atoms with Gasteiger partial charge in [-0.1, -0.05) is 0 Å². The lowest BCUT2D eigenvalue weighted by Crippen LogP contribution is -2.35. The topological polar surface area (TPSA) is 81.4 Å². The Kier molecular flexibility index (Phi) is 5.42. The summed E-state index contributed by atoms with van der Waals surface area (Å²) in [6.07, 6.45) is 1.45. The predicted octanol–water partition coefficient (Wildman–Crippen LogP) is 3.22. The van der Waals surface area contributed by atoms with Crippen LogP contribution < -0.4 is 9.47 Å². The van der Waals surface area contributed by atoms with Gasteiger partial charge in [-0.25, -0.2) is 0 Å². The standard InChI is InChI=1S/C22H23NO6/c1-26-15-9-14(10-16(11-15)27-2)22(25)18-13-29-20-4-3-19(24)17(21(18)20)12-23-5-7-28-8-6-23/h3-4,9-11,13,24H,5-8,12H2,1-2H3. The molecule has 1 N–H and O–H groups in total. The minimum Gasteiger partial charge on any atom is -0.508 e. The zero-order chi connectivity index (χ0) is 20.4. The van der Waals surface area contributed by atoms with E-state index in [-0.39, 0.29) is 11.5 Å². The van der Waals surface area contributed by atoms with E-state index in [2.05, 4.69) is 4.90 Å². The van der Waals surface area contributed by atoms with Crippen LogP contribution in [0, 0.1) is 0 Å². The van der Waals surface area contributed by atoms with Crippen LogP contribution in [0.1, 0.15) is 21.5 Å². The van der Waals surface area contributed by atoms with Crippen molar-refractivity contribution in [2.45, 2.75) is 6.54 Å². The normalized spacial score (nSPS) is 14.8. The highest BCUT2D eigenvalue weighted by Crippen LogP contribution is 2.34. The highest BCUT2D eigenvalue weighted by Gasteiger charge is 2.23. The van der Waals surface area contributed by atoms with Crippen LogP contribution in [-0.2, 0) is 11.3 Å². The summed E-state index contributed by atoms with van der Waals surface area (Å²) in [6, 6.07) is 8.31. The Balaban J connectivity index is 1.78. The summed E-state index contributed by atoms with van der Waals surface area (Å²) >= 11 is 0. The Morgan fingerprint density at radius 2 is 1.79 bits per heavy atom. The lowest BCUT2D eigenvalue weighted by molar-refractivity contribution is 0.0340. The third-order valence-electron chi connectivity index (χ3n) is 5.17. The molecule has 0 amide bonds. The molecular weight excluding hydrogens is 374 g/mol. The zero-order valence-electron chi connectivity index (χ0n) is 16.4. The Bertz CT molecular complexity index is 1010. The average molecular weight is 397 g/mol. The number of methoxy groups -OCH3 is 2. The molecule has 7 nitrogen and oxygen atoms in total. The number of benzene rings is 2. The second kappa shape index (κ2) is 8.14. The van der Waals surface area contributed by atoms with Gasteiger partial charge in [0.1, 0.15) is 29.1 Å². The molecule has 152 valence electrons. The summed E-state index contributed by atoms with van der Waals surface area (Å²) in [5.41, 5.74) is 2.06. The van der Waals surface area contributed by atoms with Gasteiger partial charge in [-0.15, -0.1) is 0 Å². The molecule has 4 rings (SSSR count). The lowest BCUT2D eigenvalue weighted by atomic mass is 9.98. The summed E-state index contributed by atoms with van der Waals surface area (Å²) in [5, 5.41) is 11.2. The van der Waals surface area contributed by atoms with Gasteiger partial charge in [-0.05, 0) is 24.3 Å². The minimum absolute atomic E-state index is 0.141. The first-order valence-electron chi connectivity index (χ1n) is 9.40. The number of furan rings is 1. The molecule has 1 saturated heterocycles. The molecule has 2 heterocycles. The number of fused-ring (bicyclic) bond motifs is 1. The Morgan fingerprint density at radius 1 is 1.10 bits per heavy atom. The van der Waals surface area contributed by atoms with E-state index in [1.54, 1.807) is 30.3 Å². The molecule has 7 heteroatoms. The van der Waals surface area contributed by atoms with Gasteiger partial charge in [0.15, 0.2) is 5.78 Å². The average Bonchev–Trinajstić information content (AvgIpc) is 3.19. The largest absolute Gasteiger partial charge is 0.508 e. The molecule has 1 aromatic heterocycles. The fourth-order valence-corrected chi connectivity index (χ4v) is 3.59. The second-order valence-corrected chi connectivity index (χ2v) is 6.90. The smallest absolute Gasteiger partial charge is 0.197 e. The van der Waals surface area contributed by atoms with Gasteiger partial charge in [0.2, 0.25) is 0 Å². The van der Waals surface area contributed by atoms with Crippen molar-refractivity contribution in [2.24, 2.45) is 0 Å². The SMILES string of the molecule is COc1cc(OC)cc(C(=O)c2coc3ccc(O)c(CN4CCOCC4)c23)c1. The molecular formula is C22H23NO6. The first kappa shape index (κ1) is 19.3. The number of ether oxygens (including phenoxy) is 3. The molecule has 0 saturated carbocycles. The fraction of sp³-hybridized carbons (Fsp3) is 0.318. The van der Waals surface area contributed by atoms with Crippen molar-refractivity contribution in [1.29, 1.82) is 0 Å². The van der Waals surface area contributed by atoms with Gasteiger partial charge < -0.3 is 23.7 Å². The molecule has 3 aromatic rings. The van der Waals surface area contributed by atoms with Crippen molar-refractivity contribution in [1.82, 2.24) is 4.90 Å². The molecule has 0 spiro atoms. The van der Waals surface area contributed by atoms with Crippen molar-refractivity contribution in [3.8, 4) is 17.2 Å². The number of rotatable bonds is 6.